The van der Waals surface area contributed by atoms with Crippen LogP contribution in [0.3, 0.4) is 0 Å². The second-order valence-corrected chi connectivity index (χ2v) is 4.46. The van der Waals surface area contributed by atoms with Gasteiger partial charge < -0.3 is 15.8 Å². The summed E-state index contributed by atoms with van der Waals surface area (Å²) in [5, 5.41) is 2.59. The molecule has 1 aliphatic rings. The van der Waals surface area contributed by atoms with Crippen molar-refractivity contribution < 1.29 is 9.53 Å². The Kier molecular flexibility index (Phi) is 4.55. The number of benzene rings is 1. The number of hydrogen-bond donors (Lipinski definition) is 2. The van der Waals surface area contributed by atoms with Gasteiger partial charge in [-0.25, -0.2) is 4.79 Å². The number of amides is 2. The number of hydrogen-bond acceptors (Lipinski definition) is 3. The van der Waals surface area contributed by atoms with Crippen LogP contribution in [0.25, 0.3) is 0 Å². The lowest BCUT2D eigenvalue weighted by molar-refractivity contribution is -0.0286. The van der Waals surface area contributed by atoms with E-state index in [4.69, 9.17) is 10.5 Å². The molecule has 0 bridgehead atoms. The first kappa shape index (κ1) is 12.9. The Balaban J connectivity index is 1.81. The van der Waals surface area contributed by atoms with Crippen LogP contribution >= 0.6 is 0 Å². The van der Waals surface area contributed by atoms with Gasteiger partial charge in [-0.05, 0) is 5.56 Å². The second-order valence-electron chi connectivity index (χ2n) is 4.46. The van der Waals surface area contributed by atoms with Crippen molar-refractivity contribution in [2.24, 2.45) is 5.73 Å². The van der Waals surface area contributed by atoms with Gasteiger partial charge in [0.15, 0.2) is 0 Å². The maximum absolute atomic E-state index is 10.7. The van der Waals surface area contributed by atoms with Crippen LogP contribution in [0.4, 0.5) is 4.79 Å². The Morgan fingerprint density at radius 1 is 1.44 bits per heavy atom. The van der Waals surface area contributed by atoms with Crippen molar-refractivity contribution in [1.82, 2.24) is 10.2 Å². The lowest BCUT2D eigenvalue weighted by atomic mass is 10.2. The number of nitrogens with two attached hydrogens (primary N) is 1. The average Bonchev–Trinajstić information content (AvgIpc) is 2.38. The summed E-state index contributed by atoms with van der Waals surface area (Å²) in [6.45, 7) is 3.81. The fraction of sp³-hybridized carbons (Fsp3) is 0.462. The molecule has 1 saturated heterocycles. The van der Waals surface area contributed by atoms with Gasteiger partial charge in [0.2, 0.25) is 0 Å². The molecule has 1 aromatic rings. The van der Waals surface area contributed by atoms with E-state index in [1.54, 1.807) is 0 Å². The van der Waals surface area contributed by atoms with Crippen LogP contribution in [0.5, 0.6) is 0 Å². The normalized spacial score (nSPS) is 20.6. The van der Waals surface area contributed by atoms with E-state index in [1.807, 2.05) is 18.2 Å². The number of carbonyl (C=O) groups excluding carboxylic acids is 1. The SMILES string of the molecule is NC(=O)NCC1CN(Cc2ccccc2)CCO1. The van der Waals surface area contributed by atoms with Crippen LogP contribution in [-0.4, -0.2) is 43.3 Å². The van der Waals surface area contributed by atoms with Gasteiger partial charge in [0.25, 0.3) is 0 Å². The van der Waals surface area contributed by atoms with E-state index in [-0.39, 0.29) is 6.10 Å². The zero-order chi connectivity index (χ0) is 12.8. The number of urea groups is 1. The molecule has 2 rings (SSSR count). The smallest absolute Gasteiger partial charge is 0.312 e. The predicted octanol–water partition coefficient (Wildman–Crippen LogP) is 0.556. The van der Waals surface area contributed by atoms with E-state index < -0.39 is 6.03 Å². The van der Waals surface area contributed by atoms with Gasteiger partial charge >= 0.3 is 6.03 Å². The third-order valence-corrected chi connectivity index (χ3v) is 2.98. The summed E-state index contributed by atoms with van der Waals surface area (Å²) in [5.41, 5.74) is 6.34. The minimum atomic E-state index is -0.501. The number of rotatable bonds is 4. The molecule has 1 unspecified atom stereocenters. The highest BCUT2D eigenvalue weighted by molar-refractivity contribution is 5.71. The molecule has 2 amide bonds. The topological polar surface area (TPSA) is 67.6 Å². The Morgan fingerprint density at radius 2 is 2.22 bits per heavy atom. The van der Waals surface area contributed by atoms with Crippen LogP contribution in [0.2, 0.25) is 0 Å². The highest BCUT2D eigenvalue weighted by Gasteiger charge is 2.20. The number of nitrogens with zero attached hydrogens (tertiary/aromatic N) is 1. The first-order valence-electron chi connectivity index (χ1n) is 6.15. The number of morpholine rings is 1. The molecule has 0 aromatic heterocycles. The fourth-order valence-electron chi connectivity index (χ4n) is 2.10. The van der Waals surface area contributed by atoms with E-state index in [2.05, 4.69) is 22.3 Å². The van der Waals surface area contributed by atoms with Gasteiger partial charge in [-0.2, -0.15) is 0 Å². The third kappa shape index (κ3) is 4.01. The van der Waals surface area contributed by atoms with E-state index in [1.165, 1.54) is 5.56 Å². The molecule has 1 aliphatic heterocycles. The zero-order valence-corrected chi connectivity index (χ0v) is 10.3. The lowest BCUT2D eigenvalue weighted by Crippen LogP contribution is -2.47. The number of primary amides is 1. The van der Waals surface area contributed by atoms with Gasteiger partial charge in [-0.3, -0.25) is 4.90 Å². The van der Waals surface area contributed by atoms with E-state index >= 15 is 0 Å². The van der Waals surface area contributed by atoms with Crippen molar-refractivity contribution in [2.45, 2.75) is 12.6 Å². The van der Waals surface area contributed by atoms with E-state index in [0.717, 1.165) is 19.6 Å². The summed E-state index contributed by atoms with van der Waals surface area (Å²) in [5.74, 6) is 0. The van der Waals surface area contributed by atoms with Crippen LogP contribution in [-0.2, 0) is 11.3 Å². The molecule has 0 saturated carbocycles. The van der Waals surface area contributed by atoms with Gasteiger partial charge in [-0.1, -0.05) is 30.3 Å². The Hall–Kier alpha value is -1.59. The summed E-state index contributed by atoms with van der Waals surface area (Å²) in [6, 6.07) is 9.84. The maximum atomic E-state index is 10.7. The van der Waals surface area contributed by atoms with Gasteiger partial charge in [0, 0.05) is 26.2 Å². The molecular weight excluding hydrogens is 230 g/mol. The van der Waals surface area contributed by atoms with E-state index in [0.29, 0.717) is 13.2 Å². The third-order valence-electron chi connectivity index (χ3n) is 2.98. The highest BCUT2D eigenvalue weighted by atomic mass is 16.5. The molecule has 3 N–H and O–H groups in total. The molecule has 5 heteroatoms. The van der Waals surface area contributed by atoms with Crippen molar-refractivity contribution in [2.75, 3.05) is 26.2 Å². The Morgan fingerprint density at radius 3 is 2.94 bits per heavy atom. The van der Waals surface area contributed by atoms with Gasteiger partial charge in [0.1, 0.15) is 0 Å². The lowest BCUT2D eigenvalue weighted by Gasteiger charge is -2.32. The molecule has 0 spiro atoms. The summed E-state index contributed by atoms with van der Waals surface area (Å²) >= 11 is 0. The van der Waals surface area contributed by atoms with E-state index in [9.17, 15) is 4.79 Å². The quantitative estimate of drug-likeness (QED) is 0.819. The largest absolute Gasteiger partial charge is 0.374 e. The minimum Gasteiger partial charge on any atom is -0.374 e. The van der Waals surface area contributed by atoms with Crippen molar-refractivity contribution in [1.29, 1.82) is 0 Å². The molecule has 0 radical (unpaired) electrons. The molecule has 1 heterocycles. The Bertz CT molecular complexity index is 383. The number of ether oxygens (including phenoxy) is 1. The maximum Gasteiger partial charge on any atom is 0.312 e. The monoisotopic (exact) mass is 249 g/mol. The molecule has 1 aromatic carbocycles. The number of carbonyl (C=O) groups is 1. The molecule has 1 fully saturated rings. The minimum absolute atomic E-state index is 0.0231. The summed E-state index contributed by atoms with van der Waals surface area (Å²) in [6.07, 6.45) is 0.0231. The highest BCUT2D eigenvalue weighted by Crippen LogP contribution is 2.09. The van der Waals surface area contributed by atoms with Gasteiger partial charge in [0.05, 0.1) is 12.7 Å². The fourth-order valence-corrected chi connectivity index (χ4v) is 2.10. The molecule has 0 aliphatic carbocycles. The molecule has 18 heavy (non-hydrogen) atoms. The van der Waals surface area contributed by atoms with Crippen LogP contribution in [0, 0.1) is 0 Å². The van der Waals surface area contributed by atoms with Crippen molar-refractivity contribution in [3.8, 4) is 0 Å². The summed E-state index contributed by atoms with van der Waals surface area (Å²) in [4.78, 5) is 13.0. The van der Waals surface area contributed by atoms with Crippen molar-refractivity contribution in [3.05, 3.63) is 35.9 Å². The molecular formula is C13H19N3O2. The first-order valence-corrected chi connectivity index (χ1v) is 6.15. The van der Waals surface area contributed by atoms with Crippen LogP contribution in [0.1, 0.15) is 5.56 Å². The summed E-state index contributed by atoms with van der Waals surface area (Å²) in [7, 11) is 0. The molecule has 1 atom stereocenters. The molecule has 98 valence electrons. The second kappa shape index (κ2) is 6.37. The molecule has 5 nitrogen and oxygen atoms in total. The number of nitrogens with one attached hydrogen (secondary N) is 1. The predicted molar refractivity (Wildman–Crippen MR) is 69.0 cm³/mol. The van der Waals surface area contributed by atoms with Gasteiger partial charge in [-0.15, -0.1) is 0 Å². The zero-order valence-electron chi connectivity index (χ0n) is 10.3. The van der Waals surface area contributed by atoms with Crippen LogP contribution < -0.4 is 11.1 Å². The van der Waals surface area contributed by atoms with Crippen molar-refractivity contribution in [3.63, 3.8) is 0 Å². The standard InChI is InChI=1S/C13H19N3O2/c14-13(17)15-8-12-10-16(6-7-18-12)9-11-4-2-1-3-5-11/h1-5,12H,6-10H2,(H3,14,15,17). The van der Waals surface area contributed by atoms with Crippen LogP contribution in [0.15, 0.2) is 30.3 Å². The Labute approximate surface area is 107 Å². The van der Waals surface area contributed by atoms with Crippen molar-refractivity contribution >= 4 is 6.03 Å². The summed E-state index contributed by atoms with van der Waals surface area (Å²) < 4.78 is 5.58. The average molecular weight is 249 g/mol. The first-order chi connectivity index (χ1) is 8.74.